The third-order valence-corrected chi connectivity index (χ3v) is 6.78. The SMILES string of the molecule is COc1ccc(NC(=O)C2CCCCCC2)cc1S(=O)(=O)Nc1ccccc1Cl. The van der Waals surface area contributed by atoms with Crippen LogP contribution in [0.4, 0.5) is 11.4 Å². The minimum absolute atomic E-state index is 0.0408. The van der Waals surface area contributed by atoms with Crippen molar-refractivity contribution in [1.82, 2.24) is 0 Å². The largest absolute Gasteiger partial charge is 0.495 e. The van der Waals surface area contributed by atoms with E-state index in [2.05, 4.69) is 10.0 Å². The van der Waals surface area contributed by atoms with Gasteiger partial charge in [-0.15, -0.1) is 0 Å². The van der Waals surface area contributed by atoms with E-state index < -0.39 is 10.0 Å². The van der Waals surface area contributed by atoms with Crippen molar-refractivity contribution in [1.29, 1.82) is 0 Å². The highest BCUT2D eigenvalue weighted by atomic mass is 35.5. The van der Waals surface area contributed by atoms with Crippen molar-refractivity contribution in [2.75, 3.05) is 17.1 Å². The van der Waals surface area contributed by atoms with E-state index in [1.165, 1.54) is 19.2 Å². The lowest BCUT2D eigenvalue weighted by Crippen LogP contribution is -2.22. The van der Waals surface area contributed by atoms with Gasteiger partial charge in [0.25, 0.3) is 10.0 Å². The molecular formula is C21H25ClN2O4S. The van der Waals surface area contributed by atoms with Gasteiger partial charge >= 0.3 is 0 Å². The molecular weight excluding hydrogens is 412 g/mol. The van der Waals surface area contributed by atoms with Crippen molar-refractivity contribution in [3.8, 4) is 5.75 Å². The Morgan fingerprint density at radius 2 is 1.76 bits per heavy atom. The van der Waals surface area contributed by atoms with Crippen molar-refractivity contribution in [2.24, 2.45) is 5.92 Å². The zero-order valence-corrected chi connectivity index (χ0v) is 17.9. The van der Waals surface area contributed by atoms with Crippen LogP contribution in [0, 0.1) is 5.92 Å². The third kappa shape index (κ3) is 5.42. The van der Waals surface area contributed by atoms with Gasteiger partial charge in [-0.05, 0) is 43.2 Å². The van der Waals surface area contributed by atoms with Crippen molar-refractivity contribution in [3.63, 3.8) is 0 Å². The number of amides is 1. The summed E-state index contributed by atoms with van der Waals surface area (Å²) in [6.07, 6.45) is 6.12. The number of rotatable bonds is 6. The van der Waals surface area contributed by atoms with Crippen molar-refractivity contribution < 1.29 is 17.9 Å². The van der Waals surface area contributed by atoms with E-state index in [-0.39, 0.29) is 33.2 Å². The first-order valence-corrected chi connectivity index (χ1v) is 11.5. The van der Waals surface area contributed by atoms with Crippen molar-refractivity contribution in [3.05, 3.63) is 47.5 Å². The predicted octanol–water partition coefficient (Wildman–Crippen LogP) is 5.06. The highest BCUT2D eigenvalue weighted by molar-refractivity contribution is 7.92. The summed E-state index contributed by atoms with van der Waals surface area (Å²) in [5.74, 6) is 0.0670. The average molecular weight is 437 g/mol. The van der Waals surface area contributed by atoms with Crippen LogP contribution in [0.1, 0.15) is 38.5 Å². The number of benzene rings is 2. The zero-order chi connectivity index (χ0) is 20.9. The van der Waals surface area contributed by atoms with Crippen LogP contribution in [0.2, 0.25) is 5.02 Å². The molecule has 0 unspecified atom stereocenters. The molecule has 2 N–H and O–H groups in total. The average Bonchev–Trinajstić information content (AvgIpc) is 2.99. The highest BCUT2D eigenvalue weighted by Crippen LogP contribution is 2.31. The second kappa shape index (κ2) is 9.50. The number of carbonyl (C=O) groups is 1. The molecule has 1 amide bonds. The monoisotopic (exact) mass is 436 g/mol. The second-order valence-corrected chi connectivity index (χ2v) is 9.19. The predicted molar refractivity (Wildman–Crippen MR) is 115 cm³/mol. The Kier molecular flexibility index (Phi) is 7.03. The van der Waals surface area contributed by atoms with Crippen LogP contribution in [-0.2, 0) is 14.8 Å². The number of methoxy groups -OCH3 is 1. The van der Waals surface area contributed by atoms with Gasteiger partial charge in [0, 0.05) is 11.6 Å². The molecule has 0 aromatic heterocycles. The van der Waals surface area contributed by atoms with E-state index in [1.54, 1.807) is 30.3 Å². The van der Waals surface area contributed by atoms with Crippen molar-refractivity contribution >= 4 is 38.9 Å². The first kappa shape index (κ1) is 21.5. The summed E-state index contributed by atoms with van der Waals surface area (Å²) >= 11 is 6.08. The smallest absolute Gasteiger partial charge is 0.265 e. The van der Waals surface area contributed by atoms with Gasteiger partial charge in [0.1, 0.15) is 10.6 Å². The molecule has 6 nitrogen and oxygen atoms in total. The van der Waals surface area contributed by atoms with Crippen LogP contribution in [0.25, 0.3) is 0 Å². The summed E-state index contributed by atoms with van der Waals surface area (Å²) < 4.78 is 33.6. The summed E-state index contributed by atoms with van der Waals surface area (Å²) in [5, 5.41) is 3.15. The van der Waals surface area contributed by atoms with Crippen LogP contribution in [0.15, 0.2) is 47.4 Å². The molecule has 2 aromatic carbocycles. The fourth-order valence-corrected chi connectivity index (χ4v) is 5.01. The normalized spacial score (nSPS) is 15.4. The van der Waals surface area contributed by atoms with Crippen LogP contribution < -0.4 is 14.8 Å². The number of anilines is 2. The molecule has 0 atom stereocenters. The number of para-hydroxylation sites is 1. The van der Waals surface area contributed by atoms with Gasteiger partial charge in [0.15, 0.2) is 0 Å². The molecule has 1 fully saturated rings. The van der Waals surface area contributed by atoms with E-state index in [9.17, 15) is 13.2 Å². The lowest BCUT2D eigenvalue weighted by atomic mass is 9.99. The highest BCUT2D eigenvalue weighted by Gasteiger charge is 2.24. The summed E-state index contributed by atoms with van der Waals surface area (Å²) in [5.41, 5.74) is 0.684. The molecule has 0 heterocycles. The van der Waals surface area contributed by atoms with Gasteiger partial charge in [-0.1, -0.05) is 49.4 Å². The molecule has 0 aliphatic heterocycles. The van der Waals surface area contributed by atoms with Crippen LogP contribution in [-0.4, -0.2) is 21.4 Å². The van der Waals surface area contributed by atoms with Gasteiger partial charge in [-0.25, -0.2) is 8.42 Å². The lowest BCUT2D eigenvalue weighted by Gasteiger charge is -2.16. The fourth-order valence-electron chi connectivity index (χ4n) is 3.49. The molecule has 1 aliphatic rings. The quantitative estimate of drug-likeness (QED) is 0.620. The summed E-state index contributed by atoms with van der Waals surface area (Å²) in [6, 6.07) is 11.2. The Hall–Kier alpha value is -2.25. The number of halogens is 1. The third-order valence-electron chi connectivity index (χ3n) is 5.06. The molecule has 0 spiro atoms. The number of hydrogen-bond acceptors (Lipinski definition) is 4. The van der Waals surface area contributed by atoms with E-state index in [0.29, 0.717) is 5.69 Å². The number of sulfonamides is 1. The molecule has 0 saturated heterocycles. The Bertz CT molecular complexity index is 970. The zero-order valence-electron chi connectivity index (χ0n) is 16.3. The molecule has 2 aromatic rings. The van der Waals surface area contributed by atoms with E-state index >= 15 is 0 Å². The Morgan fingerprint density at radius 1 is 1.07 bits per heavy atom. The van der Waals surface area contributed by atoms with Gasteiger partial charge in [0.05, 0.1) is 17.8 Å². The molecule has 0 bridgehead atoms. The van der Waals surface area contributed by atoms with E-state index in [1.807, 2.05) is 0 Å². The maximum absolute atomic E-state index is 13.0. The Morgan fingerprint density at radius 3 is 2.41 bits per heavy atom. The number of nitrogens with one attached hydrogen (secondary N) is 2. The molecule has 1 aliphatic carbocycles. The summed E-state index contributed by atoms with van der Waals surface area (Å²) in [6.45, 7) is 0. The maximum Gasteiger partial charge on any atom is 0.265 e. The van der Waals surface area contributed by atoms with Gasteiger partial charge in [0.2, 0.25) is 5.91 Å². The molecule has 8 heteroatoms. The van der Waals surface area contributed by atoms with E-state index in [0.717, 1.165) is 38.5 Å². The molecule has 1 saturated carbocycles. The van der Waals surface area contributed by atoms with Crippen molar-refractivity contribution in [2.45, 2.75) is 43.4 Å². The standard InChI is InChI=1S/C21H25ClN2O4S/c1-28-19-13-12-16(23-21(25)15-8-4-2-3-5-9-15)14-20(19)29(26,27)24-18-11-7-6-10-17(18)22/h6-7,10-15,24H,2-5,8-9H2,1H3,(H,23,25). The fraction of sp³-hybridized carbons (Fsp3) is 0.381. The minimum Gasteiger partial charge on any atom is -0.495 e. The minimum atomic E-state index is -3.98. The second-order valence-electron chi connectivity index (χ2n) is 7.13. The Labute approximate surface area is 176 Å². The topological polar surface area (TPSA) is 84.5 Å². The molecule has 156 valence electrons. The molecule has 3 rings (SSSR count). The van der Waals surface area contributed by atoms with Crippen LogP contribution in [0.5, 0.6) is 5.75 Å². The lowest BCUT2D eigenvalue weighted by molar-refractivity contribution is -0.120. The van der Waals surface area contributed by atoms with E-state index in [4.69, 9.17) is 16.3 Å². The number of hydrogen-bond donors (Lipinski definition) is 2. The first-order valence-electron chi connectivity index (χ1n) is 9.67. The summed E-state index contributed by atoms with van der Waals surface area (Å²) in [7, 11) is -2.58. The first-order chi connectivity index (χ1) is 13.9. The molecule has 29 heavy (non-hydrogen) atoms. The van der Waals surface area contributed by atoms with Crippen LogP contribution in [0.3, 0.4) is 0 Å². The molecule has 0 radical (unpaired) electrons. The van der Waals surface area contributed by atoms with Gasteiger partial charge in [-0.3, -0.25) is 9.52 Å². The number of carbonyl (C=O) groups excluding carboxylic acids is 1. The van der Waals surface area contributed by atoms with Gasteiger partial charge in [-0.2, -0.15) is 0 Å². The van der Waals surface area contributed by atoms with Gasteiger partial charge < -0.3 is 10.1 Å². The Balaban J connectivity index is 1.84. The van der Waals surface area contributed by atoms with Crippen LogP contribution >= 0.6 is 11.6 Å². The maximum atomic E-state index is 13.0. The summed E-state index contributed by atoms with van der Waals surface area (Å²) in [4.78, 5) is 12.6. The number of ether oxygens (including phenoxy) is 1.